The fraction of sp³-hybridized carbons (Fsp3) is 0.500. The third kappa shape index (κ3) is 3.14. The highest BCUT2D eigenvalue weighted by molar-refractivity contribution is 9.10. The molecule has 0 aromatic carbocycles. The Balaban J connectivity index is 2.60. The van der Waals surface area contributed by atoms with Gasteiger partial charge in [-0.15, -0.1) is 0 Å². The molecule has 0 fully saturated rings. The quantitative estimate of drug-likeness (QED) is 0.637. The lowest BCUT2D eigenvalue weighted by Gasteiger charge is -2.22. The van der Waals surface area contributed by atoms with Crippen LogP contribution in [0.25, 0.3) is 0 Å². The summed E-state index contributed by atoms with van der Waals surface area (Å²) in [6, 6.07) is 2.08. The van der Waals surface area contributed by atoms with Crippen LogP contribution < -0.4 is 11.3 Å². The average molecular weight is 353 g/mol. The number of nitrogens with one attached hydrogen (secondary N) is 1. The summed E-state index contributed by atoms with van der Waals surface area (Å²) in [4.78, 5) is 0. The fourth-order valence-electron chi connectivity index (χ4n) is 2.41. The highest BCUT2D eigenvalue weighted by atomic mass is 79.9. The average Bonchev–Trinajstić information content (AvgIpc) is 2.82. The molecule has 2 aromatic heterocycles. The van der Waals surface area contributed by atoms with Crippen LogP contribution in [0.5, 0.6) is 0 Å². The lowest BCUT2D eigenvalue weighted by Crippen LogP contribution is -2.32. The van der Waals surface area contributed by atoms with Gasteiger partial charge in [0.1, 0.15) is 0 Å². The maximum atomic E-state index is 5.85. The van der Waals surface area contributed by atoms with Gasteiger partial charge in [0.25, 0.3) is 0 Å². The van der Waals surface area contributed by atoms with Crippen LogP contribution in [0.15, 0.2) is 16.7 Å². The number of rotatable bonds is 5. The largest absolute Gasteiger partial charge is 0.271 e. The van der Waals surface area contributed by atoms with Gasteiger partial charge < -0.3 is 0 Å². The maximum absolute atomic E-state index is 5.85. The molecule has 2 heterocycles. The molecule has 0 bridgehead atoms. The van der Waals surface area contributed by atoms with Gasteiger partial charge in [-0.3, -0.25) is 10.5 Å². The van der Waals surface area contributed by atoms with Crippen molar-refractivity contribution < 1.29 is 0 Å². The first-order chi connectivity index (χ1) is 9.99. The molecule has 7 heteroatoms. The van der Waals surface area contributed by atoms with Crippen LogP contribution in [0.4, 0.5) is 0 Å². The Morgan fingerprint density at radius 3 is 2.67 bits per heavy atom. The van der Waals surface area contributed by atoms with Gasteiger partial charge in [-0.1, -0.05) is 6.92 Å². The van der Waals surface area contributed by atoms with Crippen molar-refractivity contribution in [2.45, 2.75) is 46.2 Å². The monoisotopic (exact) mass is 352 g/mol. The molecule has 21 heavy (non-hydrogen) atoms. The van der Waals surface area contributed by atoms with Crippen LogP contribution in [-0.4, -0.2) is 20.0 Å². The fourth-order valence-corrected chi connectivity index (χ4v) is 2.91. The lowest BCUT2D eigenvalue weighted by atomic mass is 10.0. The first kappa shape index (κ1) is 16.1. The van der Waals surface area contributed by atoms with E-state index in [4.69, 9.17) is 5.84 Å². The Labute approximate surface area is 133 Å². The zero-order valence-electron chi connectivity index (χ0n) is 12.8. The van der Waals surface area contributed by atoms with Crippen LogP contribution in [0.3, 0.4) is 0 Å². The molecule has 1 atom stereocenters. The van der Waals surface area contributed by atoms with Crippen molar-refractivity contribution in [2.75, 3.05) is 0 Å². The van der Waals surface area contributed by atoms with Gasteiger partial charge in [-0.25, -0.2) is 5.43 Å². The minimum atomic E-state index is -0.187. The van der Waals surface area contributed by atoms with Crippen molar-refractivity contribution in [3.8, 4) is 0 Å². The molecule has 2 aromatic rings. The molecular weight excluding hydrogens is 332 g/mol. The maximum Gasteiger partial charge on any atom is 0.0908 e. The van der Waals surface area contributed by atoms with E-state index < -0.39 is 0 Å². The summed E-state index contributed by atoms with van der Waals surface area (Å²) in [5.41, 5.74) is 6.74. The summed E-state index contributed by atoms with van der Waals surface area (Å²) in [5.74, 6) is 5.85. The van der Waals surface area contributed by atoms with Gasteiger partial charge in [-0.2, -0.15) is 15.3 Å². The molecule has 114 valence electrons. The third-order valence-corrected chi connectivity index (χ3v) is 4.00. The topological polar surface area (TPSA) is 81.7 Å². The zero-order valence-corrected chi connectivity index (χ0v) is 14.3. The number of hydrogen-bond acceptors (Lipinski definition) is 5. The van der Waals surface area contributed by atoms with Crippen molar-refractivity contribution >= 4 is 15.9 Å². The summed E-state index contributed by atoms with van der Waals surface area (Å²) in [5, 5.41) is 12.9. The highest BCUT2D eigenvalue weighted by Crippen LogP contribution is 2.31. The summed E-state index contributed by atoms with van der Waals surface area (Å²) in [6.07, 6.45) is 2.60. The third-order valence-electron chi connectivity index (χ3n) is 3.39. The first-order valence-electron chi connectivity index (χ1n) is 7.01. The van der Waals surface area contributed by atoms with Gasteiger partial charge in [0, 0.05) is 11.6 Å². The standard InChI is InChI=1S/C14H21BrN6/c1-5-12-10(6-9(4)19-20-12)13(18-16)14-11(15)7-17-21(14)8(2)3/h6-8,13,18H,5,16H2,1-4H3. The van der Waals surface area contributed by atoms with E-state index >= 15 is 0 Å². The summed E-state index contributed by atoms with van der Waals surface area (Å²) in [7, 11) is 0. The van der Waals surface area contributed by atoms with E-state index in [9.17, 15) is 0 Å². The van der Waals surface area contributed by atoms with E-state index in [1.165, 1.54) is 0 Å². The minimum absolute atomic E-state index is 0.187. The van der Waals surface area contributed by atoms with Crippen LogP contribution >= 0.6 is 15.9 Å². The Kier molecular flexibility index (Phi) is 5.08. The smallest absolute Gasteiger partial charge is 0.0908 e. The molecule has 1 unspecified atom stereocenters. The van der Waals surface area contributed by atoms with E-state index in [1.807, 2.05) is 17.7 Å². The Hall–Kier alpha value is -1.31. The molecule has 0 saturated carbocycles. The summed E-state index contributed by atoms with van der Waals surface area (Å²) < 4.78 is 2.89. The van der Waals surface area contributed by atoms with Crippen molar-refractivity contribution in [2.24, 2.45) is 5.84 Å². The second kappa shape index (κ2) is 6.64. The first-order valence-corrected chi connectivity index (χ1v) is 7.81. The highest BCUT2D eigenvalue weighted by Gasteiger charge is 2.25. The van der Waals surface area contributed by atoms with Gasteiger partial charge in [0.2, 0.25) is 0 Å². The number of aryl methyl sites for hydroxylation is 2. The number of aromatic nitrogens is 4. The van der Waals surface area contributed by atoms with Gasteiger partial charge in [0.05, 0.1) is 33.8 Å². The van der Waals surface area contributed by atoms with Crippen LogP contribution in [-0.2, 0) is 6.42 Å². The molecule has 0 spiro atoms. The second-order valence-electron chi connectivity index (χ2n) is 5.26. The van der Waals surface area contributed by atoms with Crippen molar-refractivity contribution in [3.63, 3.8) is 0 Å². The zero-order chi connectivity index (χ0) is 15.6. The van der Waals surface area contributed by atoms with Crippen LogP contribution in [0.2, 0.25) is 0 Å². The predicted molar refractivity (Wildman–Crippen MR) is 85.6 cm³/mol. The number of nitrogens with zero attached hydrogens (tertiary/aromatic N) is 4. The minimum Gasteiger partial charge on any atom is -0.271 e. The molecular formula is C14H21BrN6. The lowest BCUT2D eigenvalue weighted by molar-refractivity contribution is 0.473. The molecule has 3 N–H and O–H groups in total. The van der Waals surface area contributed by atoms with Crippen molar-refractivity contribution in [1.29, 1.82) is 0 Å². The van der Waals surface area contributed by atoms with Gasteiger partial charge in [-0.05, 0) is 49.2 Å². The van der Waals surface area contributed by atoms with E-state index in [0.717, 1.165) is 33.5 Å². The number of nitrogens with two attached hydrogens (primary N) is 1. The molecule has 6 nitrogen and oxygen atoms in total. The number of hydrazine groups is 1. The molecule has 0 aliphatic carbocycles. The summed E-state index contributed by atoms with van der Waals surface area (Å²) in [6.45, 7) is 8.17. The Morgan fingerprint density at radius 2 is 2.10 bits per heavy atom. The summed E-state index contributed by atoms with van der Waals surface area (Å²) >= 11 is 3.57. The molecule has 0 radical (unpaired) electrons. The van der Waals surface area contributed by atoms with E-state index in [0.29, 0.717) is 0 Å². The Bertz CT molecular complexity index is 622. The predicted octanol–water partition coefficient (Wildman–Crippen LogP) is 2.44. The second-order valence-corrected chi connectivity index (χ2v) is 6.11. The SMILES string of the molecule is CCc1nnc(C)cc1C(NN)c1c(Br)cnn1C(C)C. The molecule has 0 saturated heterocycles. The molecule has 0 aliphatic heterocycles. The number of hydrogen-bond donors (Lipinski definition) is 2. The van der Waals surface area contributed by atoms with E-state index in [1.54, 1.807) is 6.20 Å². The molecule has 0 amide bonds. The van der Waals surface area contributed by atoms with E-state index in [-0.39, 0.29) is 12.1 Å². The van der Waals surface area contributed by atoms with Crippen molar-refractivity contribution in [3.05, 3.63) is 39.4 Å². The van der Waals surface area contributed by atoms with Crippen LogP contribution in [0, 0.1) is 6.92 Å². The van der Waals surface area contributed by atoms with E-state index in [2.05, 4.69) is 57.4 Å². The molecule has 0 aliphatic rings. The number of halogens is 1. The van der Waals surface area contributed by atoms with Gasteiger partial charge in [0.15, 0.2) is 0 Å². The Morgan fingerprint density at radius 1 is 1.38 bits per heavy atom. The normalized spacial score (nSPS) is 12.9. The van der Waals surface area contributed by atoms with Gasteiger partial charge >= 0.3 is 0 Å². The molecule has 2 rings (SSSR count). The van der Waals surface area contributed by atoms with Crippen molar-refractivity contribution in [1.82, 2.24) is 25.4 Å². The van der Waals surface area contributed by atoms with Crippen LogP contribution in [0.1, 0.15) is 55.5 Å².